The van der Waals surface area contributed by atoms with Gasteiger partial charge >= 0.3 is 6.03 Å². The van der Waals surface area contributed by atoms with Gasteiger partial charge in [-0.1, -0.05) is 13.3 Å². The van der Waals surface area contributed by atoms with Crippen molar-refractivity contribution in [3.05, 3.63) is 0 Å². The summed E-state index contributed by atoms with van der Waals surface area (Å²) in [6, 6.07) is -0.425. The van der Waals surface area contributed by atoms with Gasteiger partial charge in [-0.25, -0.2) is 4.79 Å². The Labute approximate surface area is 149 Å². The molecule has 2 heterocycles. The summed E-state index contributed by atoms with van der Waals surface area (Å²) in [4.78, 5) is 40.5. The molecular formula is C18H30N4O3. The number of urea groups is 1. The first kappa shape index (κ1) is 18.2. The molecule has 0 aromatic heterocycles. The first-order valence-electron chi connectivity index (χ1n) is 9.63. The molecule has 1 spiro atoms. The van der Waals surface area contributed by atoms with E-state index in [1.807, 2.05) is 0 Å². The van der Waals surface area contributed by atoms with E-state index < -0.39 is 11.6 Å². The zero-order chi connectivity index (χ0) is 17.9. The molecule has 2 N–H and O–H groups in total. The number of amides is 4. The van der Waals surface area contributed by atoms with E-state index in [9.17, 15) is 14.4 Å². The van der Waals surface area contributed by atoms with Crippen LogP contribution in [0.1, 0.15) is 51.9 Å². The third kappa shape index (κ3) is 4.14. The third-order valence-electron chi connectivity index (χ3n) is 5.87. The van der Waals surface area contributed by atoms with Crippen molar-refractivity contribution in [1.82, 2.24) is 20.4 Å². The molecule has 7 nitrogen and oxygen atoms in total. The number of hydrogen-bond donors (Lipinski definition) is 2. The highest BCUT2D eigenvalue weighted by molar-refractivity contribution is 6.09. The van der Waals surface area contributed by atoms with Crippen molar-refractivity contribution in [2.24, 2.45) is 5.92 Å². The maximum atomic E-state index is 12.7. The van der Waals surface area contributed by atoms with Gasteiger partial charge in [-0.2, -0.15) is 0 Å². The quantitative estimate of drug-likeness (QED) is 0.727. The van der Waals surface area contributed by atoms with Crippen LogP contribution < -0.4 is 10.6 Å². The van der Waals surface area contributed by atoms with E-state index in [0.717, 1.165) is 37.4 Å². The van der Waals surface area contributed by atoms with Crippen molar-refractivity contribution < 1.29 is 14.4 Å². The van der Waals surface area contributed by atoms with Crippen molar-refractivity contribution >= 4 is 17.8 Å². The molecular weight excluding hydrogens is 320 g/mol. The van der Waals surface area contributed by atoms with Crippen LogP contribution in [-0.4, -0.2) is 65.9 Å². The van der Waals surface area contributed by atoms with Gasteiger partial charge in [-0.15, -0.1) is 0 Å². The van der Waals surface area contributed by atoms with E-state index in [1.54, 1.807) is 0 Å². The normalized spacial score (nSPS) is 30.6. The smallest absolute Gasteiger partial charge is 0.325 e. The van der Waals surface area contributed by atoms with Crippen molar-refractivity contribution in [3.63, 3.8) is 0 Å². The molecule has 0 bridgehead atoms. The van der Waals surface area contributed by atoms with Gasteiger partial charge in [0.15, 0.2) is 0 Å². The van der Waals surface area contributed by atoms with Crippen molar-refractivity contribution in [3.8, 4) is 0 Å². The topological polar surface area (TPSA) is 81.8 Å². The summed E-state index contributed by atoms with van der Waals surface area (Å²) in [5.74, 6) is 0.0970. The minimum Gasteiger partial charge on any atom is -0.353 e. The minimum absolute atomic E-state index is 0.179. The highest BCUT2D eigenvalue weighted by atomic mass is 16.2. The Morgan fingerprint density at radius 3 is 2.56 bits per heavy atom. The molecule has 140 valence electrons. The van der Waals surface area contributed by atoms with E-state index >= 15 is 0 Å². The van der Waals surface area contributed by atoms with Gasteiger partial charge in [-0.3, -0.25) is 14.5 Å². The lowest BCUT2D eigenvalue weighted by molar-refractivity contribution is -0.136. The van der Waals surface area contributed by atoms with Gasteiger partial charge in [0.2, 0.25) is 5.91 Å². The van der Waals surface area contributed by atoms with Crippen LogP contribution in [0.3, 0.4) is 0 Å². The summed E-state index contributed by atoms with van der Waals surface area (Å²) in [6.07, 6.45) is 6.94. The van der Waals surface area contributed by atoms with Crippen LogP contribution in [0.2, 0.25) is 0 Å². The second-order valence-corrected chi connectivity index (χ2v) is 7.84. The van der Waals surface area contributed by atoms with Crippen molar-refractivity contribution in [1.29, 1.82) is 0 Å². The summed E-state index contributed by atoms with van der Waals surface area (Å²) >= 11 is 0. The van der Waals surface area contributed by atoms with Crippen LogP contribution in [0.15, 0.2) is 0 Å². The monoisotopic (exact) mass is 350 g/mol. The number of carbonyl (C=O) groups excluding carboxylic acids is 3. The molecule has 0 radical (unpaired) electrons. The third-order valence-corrected chi connectivity index (χ3v) is 5.87. The summed E-state index contributed by atoms with van der Waals surface area (Å²) in [5, 5.41) is 5.69. The predicted molar refractivity (Wildman–Crippen MR) is 93.9 cm³/mol. The Hall–Kier alpha value is -1.63. The Kier molecular flexibility index (Phi) is 5.61. The fourth-order valence-electron chi connectivity index (χ4n) is 4.15. The van der Waals surface area contributed by atoms with E-state index in [1.165, 1.54) is 19.3 Å². The van der Waals surface area contributed by atoms with E-state index in [2.05, 4.69) is 22.5 Å². The summed E-state index contributed by atoms with van der Waals surface area (Å²) < 4.78 is 0. The van der Waals surface area contributed by atoms with Crippen LogP contribution in [0.5, 0.6) is 0 Å². The molecule has 0 unspecified atom stereocenters. The highest BCUT2D eigenvalue weighted by Gasteiger charge is 2.52. The molecule has 2 saturated heterocycles. The Balaban J connectivity index is 1.46. The average molecular weight is 350 g/mol. The number of nitrogens with one attached hydrogen (secondary N) is 2. The molecule has 25 heavy (non-hydrogen) atoms. The van der Waals surface area contributed by atoms with Gasteiger partial charge in [0.25, 0.3) is 5.91 Å². The number of likely N-dealkylation sites (tertiary alicyclic amines) is 1. The number of rotatable bonds is 5. The molecule has 3 aliphatic rings. The standard InChI is InChI=1S/C18H30N4O3/c1-14-5-7-18(8-6-14)16(24)22(17(25)20-18)13-15(23)19-9-12-21-10-3-2-4-11-21/h14H,2-13H2,1H3,(H,19,23)(H,20,25). The second-order valence-electron chi connectivity index (χ2n) is 7.84. The molecule has 1 saturated carbocycles. The van der Waals surface area contributed by atoms with Gasteiger partial charge in [0.1, 0.15) is 12.1 Å². The molecule has 3 rings (SSSR count). The molecule has 3 fully saturated rings. The van der Waals surface area contributed by atoms with Gasteiger partial charge in [-0.05, 0) is 57.5 Å². The highest BCUT2D eigenvalue weighted by Crippen LogP contribution is 2.36. The fraction of sp³-hybridized carbons (Fsp3) is 0.833. The largest absolute Gasteiger partial charge is 0.353 e. The van der Waals surface area contributed by atoms with Crippen LogP contribution in [0.4, 0.5) is 4.79 Å². The van der Waals surface area contributed by atoms with Gasteiger partial charge in [0.05, 0.1) is 0 Å². The Morgan fingerprint density at radius 1 is 1.20 bits per heavy atom. The van der Waals surface area contributed by atoms with Crippen molar-refractivity contribution in [2.75, 3.05) is 32.7 Å². The minimum atomic E-state index is -0.766. The molecule has 1 aliphatic carbocycles. The van der Waals surface area contributed by atoms with Gasteiger partial charge < -0.3 is 15.5 Å². The first-order valence-corrected chi connectivity index (χ1v) is 9.63. The van der Waals surface area contributed by atoms with Crippen LogP contribution >= 0.6 is 0 Å². The second kappa shape index (κ2) is 7.72. The lowest BCUT2D eigenvalue weighted by atomic mass is 9.77. The number of piperidine rings is 1. The maximum Gasteiger partial charge on any atom is 0.325 e. The zero-order valence-electron chi connectivity index (χ0n) is 15.2. The lowest BCUT2D eigenvalue weighted by Gasteiger charge is -2.33. The van der Waals surface area contributed by atoms with E-state index in [4.69, 9.17) is 0 Å². The number of carbonyl (C=O) groups is 3. The molecule has 0 aromatic rings. The predicted octanol–water partition coefficient (Wildman–Crippen LogP) is 1.09. The Morgan fingerprint density at radius 2 is 1.88 bits per heavy atom. The van der Waals surface area contributed by atoms with Gasteiger partial charge in [0, 0.05) is 13.1 Å². The number of hydrogen-bond acceptors (Lipinski definition) is 4. The maximum absolute atomic E-state index is 12.7. The van der Waals surface area contributed by atoms with Crippen LogP contribution in [0, 0.1) is 5.92 Å². The van der Waals surface area contributed by atoms with Crippen LogP contribution in [-0.2, 0) is 9.59 Å². The summed E-state index contributed by atoms with van der Waals surface area (Å²) in [5.41, 5.74) is -0.766. The fourth-order valence-corrected chi connectivity index (χ4v) is 4.15. The number of nitrogens with zero attached hydrogens (tertiary/aromatic N) is 2. The molecule has 0 atom stereocenters. The summed E-state index contributed by atoms with van der Waals surface area (Å²) in [7, 11) is 0. The molecule has 4 amide bonds. The molecule has 7 heteroatoms. The van der Waals surface area contributed by atoms with E-state index in [0.29, 0.717) is 25.3 Å². The SMILES string of the molecule is CC1CCC2(CC1)NC(=O)N(CC(=O)NCCN1CCCCC1)C2=O. The van der Waals surface area contributed by atoms with Crippen molar-refractivity contribution in [2.45, 2.75) is 57.4 Å². The number of imide groups is 1. The average Bonchev–Trinajstić information content (AvgIpc) is 2.83. The summed E-state index contributed by atoms with van der Waals surface area (Å²) in [6.45, 7) is 5.55. The lowest BCUT2D eigenvalue weighted by Crippen LogP contribution is -2.50. The van der Waals surface area contributed by atoms with Crippen LogP contribution in [0.25, 0.3) is 0 Å². The molecule has 0 aromatic carbocycles. The van der Waals surface area contributed by atoms with E-state index in [-0.39, 0.29) is 18.4 Å². The Bertz CT molecular complexity index is 522. The zero-order valence-corrected chi connectivity index (χ0v) is 15.2. The molecule has 2 aliphatic heterocycles. The first-order chi connectivity index (χ1) is 12.0.